The average molecular weight is 496 g/mol. The third kappa shape index (κ3) is 5.64. The fourth-order valence-electron chi connectivity index (χ4n) is 5.77. The summed E-state index contributed by atoms with van der Waals surface area (Å²) in [5.74, 6) is 0.572. The quantitative estimate of drug-likeness (QED) is 0.500. The number of hydrogen-bond donors (Lipinski definition) is 0. The van der Waals surface area contributed by atoms with E-state index in [1.165, 1.54) is 21.6 Å². The number of benzene rings is 1. The molecule has 190 valence electrons. The lowest BCUT2D eigenvalue weighted by Crippen LogP contribution is -2.58. The van der Waals surface area contributed by atoms with Crippen molar-refractivity contribution in [3.05, 3.63) is 57.3 Å². The van der Waals surface area contributed by atoms with Crippen LogP contribution in [0.15, 0.2) is 35.7 Å². The zero-order chi connectivity index (χ0) is 24.9. The lowest BCUT2D eigenvalue weighted by molar-refractivity contribution is -0.146. The summed E-state index contributed by atoms with van der Waals surface area (Å²) in [6.07, 6.45) is 5.08. The molecule has 0 spiro atoms. The maximum atomic E-state index is 13.5. The van der Waals surface area contributed by atoms with Gasteiger partial charge in [-0.05, 0) is 61.2 Å². The summed E-state index contributed by atoms with van der Waals surface area (Å²) >= 11 is 1.83. The number of piperazine rings is 1. The summed E-state index contributed by atoms with van der Waals surface area (Å²) in [5, 5.41) is 2.18. The second kappa shape index (κ2) is 11.7. The Hall–Kier alpha value is -2.18. The highest BCUT2D eigenvalue weighted by Gasteiger charge is 2.35. The molecule has 4 rings (SSSR count). The molecule has 3 atom stereocenters. The van der Waals surface area contributed by atoms with Crippen molar-refractivity contribution in [3.63, 3.8) is 0 Å². The molecule has 1 aromatic carbocycles. The Morgan fingerprint density at radius 2 is 1.89 bits per heavy atom. The van der Waals surface area contributed by atoms with E-state index in [9.17, 15) is 9.59 Å². The Bertz CT molecular complexity index is 1020. The maximum Gasteiger partial charge on any atom is 0.236 e. The Labute approximate surface area is 215 Å². The van der Waals surface area contributed by atoms with E-state index in [-0.39, 0.29) is 29.8 Å². The lowest BCUT2D eigenvalue weighted by atomic mass is 9.90. The molecule has 2 aromatic rings. The van der Waals surface area contributed by atoms with E-state index >= 15 is 0 Å². The van der Waals surface area contributed by atoms with Gasteiger partial charge in [0.25, 0.3) is 0 Å². The first-order valence-electron chi connectivity index (χ1n) is 13.4. The van der Waals surface area contributed by atoms with E-state index in [0.717, 1.165) is 38.6 Å². The molecule has 2 aliphatic heterocycles. The van der Waals surface area contributed by atoms with Crippen molar-refractivity contribution in [2.75, 3.05) is 32.7 Å². The topological polar surface area (TPSA) is 43.9 Å². The number of fused-ring (bicyclic) bond motifs is 1. The van der Waals surface area contributed by atoms with E-state index in [2.05, 4.69) is 68.3 Å². The Balaban J connectivity index is 1.43. The number of rotatable bonds is 8. The third-order valence-electron chi connectivity index (χ3n) is 7.90. The molecule has 0 unspecified atom stereocenters. The molecule has 35 heavy (non-hydrogen) atoms. The van der Waals surface area contributed by atoms with Crippen LogP contribution in [-0.2, 0) is 16.0 Å². The highest BCUT2D eigenvalue weighted by molar-refractivity contribution is 7.10. The first-order valence-corrected chi connectivity index (χ1v) is 14.3. The fraction of sp³-hybridized carbons (Fsp3) is 0.586. The van der Waals surface area contributed by atoms with Crippen molar-refractivity contribution in [3.8, 4) is 0 Å². The molecule has 5 nitrogen and oxygen atoms in total. The third-order valence-corrected chi connectivity index (χ3v) is 8.90. The van der Waals surface area contributed by atoms with E-state index < -0.39 is 0 Å². The molecular formula is C29H41N3O2S. The predicted molar refractivity (Wildman–Crippen MR) is 144 cm³/mol. The summed E-state index contributed by atoms with van der Waals surface area (Å²) < 4.78 is 0. The normalized spacial score (nSPS) is 21.6. The number of carbonyl (C=O) groups excluding carboxylic acids is 2. The summed E-state index contributed by atoms with van der Waals surface area (Å²) in [6.45, 7) is 11.8. The van der Waals surface area contributed by atoms with Crippen LogP contribution in [0.25, 0.3) is 0 Å². The first kappa shape index (κ1) is 25.9. The number of hydrogen-bond acceptors (Lipinski definition) is 4. The number of carbonyl (C=O) groups is 2. The van der Waals surface area contributed by atoms with E-state index in [1.54, 1.807) is 0 Å². The van der Waals surface area contributed by atoms with E-state index in [4.69, 9.17) is 0 Å². The monoisotopic (exact) mass is 495 g/mol. The van der Waals surface area contributed by atoms with Gasteiger partial charge < -0.3 is 9.80 Å². The number of unbranched alkanes of at least 4 members (excludes halogenated alkanes) is 1. The smallest absolute Gasteiger partial charge is 0.236 e. The number of thiophene rings is 1. The SMILES string of the molecule is CCCC[C@H](CC)C(=O)N1CCN(C(=O)CN2CCc3sccc3[C@H]2c2ccccc2C)C[C@H]1C. The first-order chi connectivity index (χ1) is 16.9. The van der Waals surface area contributed by atoms with Gasteiger partial charge in [0.1, 0.15) is 0 Å². The highest BCUT2D eigenvalue weighted by Crippen LogP contribution is 2.38. The largest absolute Gasteiger partial charge is 0.338 e. The highest BCUT2D eigenvalue weighted by atomic mass is 32.1. The van der Waals surface area contributed by atoms with Gasteiger partial charge in [0, 0.05) is 43.0 Å². The van der Waals surface area contributed by atoms with Gasteiger partial charge in [0.2, 0.25) is 11.8 Å². The number of nitrogens with zero attached hydrogens (tertiary/aromatic N) is 3. The molecule has 6 heteroatoms. The minimum Gasteiger partial charge on any atom is -0.338 e. The minimum atomic E-state index is 0.0628. The molecule has 0 radical (unpaired) electrons. The molecule has 0 aliphatic carbocycles. The van der Waals surface area contributed by atoms with E-state index in [1.807, 2.05) is 21.1 Å². The molecule has 2 amide bonds. The molecule has 0 bridgehead atoms. The second-order valence-electron chi connectivity index (χ2n) is 10.2. The van der Waals surface area contributed by atoms with Crippen molar-refractivity contribution in [2.24, 2.45) is 5.92 Å². The second-order valence-corrected chi connectivity index (χ2v) is 11.2. The Morgan fingerprint density at radius 3 is 2.60 bits per heavy atom. The molecule has 2 aliphatic rings. The number of amides is 2. The van der Waals surface area contributed by atoms with Crippen LogP contribution in [0.1, 0.15) is 74.1 Å². The average Bonchev–Trinajstić information content (AvgIpc) is 3.33. The van der Waals surface area contributed by atoms with E-state index in [0.29, 0.717) is 26.2 Å². The zero-order valence-corrected chi connectivity index (χ0v) is 22.7. The Morgan fingerprint density at radius 1 is 1.09 bits per heavy atom. The van der Waals surface area contributed by atoms with Crippen molar-refractivity contribution in [1.29, 1.82) is 0 Å². The maximum absolute atomic E-state index is 13.5. The van der Waals surface area contributed by atoms with Gasteiger partial charge in [-0.15, -0.1) is 11.3 Å². The van der Waals surface area contributed by atoms with Gasteiger partial charge in [0.05, 0.1) is 12.6 Å². The van der Waals surface area contributed by atoms with Crippen LogP contribution in [0, 0.1) is 12.8 Å². The summed E-state index contributed by atoms with van der Waals surface area (Å²) in [6, 6.07) is 11.0. The molecule has 0 saturated carbocycles. The van der Waals surface area contributed by atoms with Gasteiger partial charge in [-0.2, -0.15) is 0 Å². The summed E-state index contributed by atoms with van der Waals surface area (Å²) in [4.78, 5) is 34.5. The van der Waals surface area contributed by atoms with Crippen LogP contribution in [0.4, 0.5) is 0 Å². The standard InChI is InChI=1S/C29H41N3O2S/c1-5-7-11-23(6-2)29(34)32-17-16-30(19-22(32)4)27(33)20-31-15-13-26-25(14-18-35-26)28(31)24-12-9-8-10-21(24)3/h8-10,12,14,18,22-23,28H,5-7,11,13,15-17,19-20H2,1-4H3/t22-,23+,28-/m1/s1. The van der Waals surface area contributed by atoms with Crippen LogP contribution in [0.5, 0.6) is 0 Å². The summed E-state index contributed by atoms with van der Waals surface area (Å²) in [7, 11) is 0. The van der Waals surface area contributed by atoms with Crippen LogP contribution in [0.3, 0.4) is 0 Å². The lowest BCUT2D eigenvalue weighted by Gasteiger charge is -2.43. The van der Waals surface area contributed by atoms with Gasteiger partial charge >= 0.3 is 0 Å². The fourth-order valence-corrected chi connectivity index (χ4v) is 6.67. The Kier molecular flexibility index (Phi) is 8.66. The minimum absolute atomic E-state index is 0.0628. The van der Waals surface area contributed by atoms with Gasteiger partial charge in [-0.3, -0.25) is 14.5 Å². The molecule has 1 saturated heterocycles. The van der Waals surface area contributed by atoms with Crippen molar-refractivity contribution < 1.29 is 9.59 Å². The molecular weight excluding hydrogens is 454 g/mol. The summed E-state index contributed by atoms with van der Waals surface area (Å²) in [5.41, 5.74) is 3.91. The van der Waals surface area contributed by atoms with Crippen molar-refractivity contribution >= 4 is 23.2 Å². The van der Waals surface area contributed by atoms with Gasteiger partial charge in [0.15, 0.2) is 0 Å². The van der Waals surface area contributed by atoms with Crippen LogP contribution < -0.4 is 0 Å². The van der Waals surface area contributed by atoms with Crippen LogP contribution in [0.2, 0.25) is 0 Å². The van der Waals surface area contributed by atoms with Crippen molar-refractivity contribution in [2.45, 2.75) is 71.9 Å². The van der Waals surface area contributed by atoms with Gasteiger partial charge in [-0.1, -0.05) is 51.0 Å². The molecule has 1 aromatic heterocycles. The predicted octanol–water partition coefficient (Wildman–Crippen LogP) is 5.28. The zero-order valence-electron chi connectivity index (χ0n) is 21.8. The van der Waals surface area contributed by atoms with Crippen LogP contribution >= 0.6 is 11.3 Å². The van der Waals surface area contributed by atoms with Gasteiger partial charge in [-0.25, -0.2) is 0 Å². The van der Waals surface area contributed by atoms with Crippen molar-refractivity contribution in [1.82, 2.24) is 14.7 Å². The molecule has 0 N–H and O–H groups in total. The number of aryl methyl sites for hydroxylation is 1. The molecule has 3 heterocycles. The molecule has 1 fully saturated rings. The van der Waals surface area contributed by atoms with Crippen LogP contribution in [-0.4, -0.2) is 65.3 Å².